The molecule has 0 atom stereocenters. The van der Waals surface area contributed by atoms with Crippen molar-refractivity contribution in [2.45, 2.75) is 0 Å². The van der Waals surface area contributed by atoms with Gasteiger partial charge in [-0.15, -0.1) is 0 Å². The summed E-state index contributed by atoms with van der Waals surface area (Å²) < 4.78 is 5.36. The molecule has 2 N–H and O–H groups in total. The highest BCUT2D eigenvalue weighted by atomic mass is 16.4. The van der Waals surface area contributed by atoms with Crippen molar-refractivity contribution < 1.29 is 14.3 Å². The number of benzene rings is 1. The van der Waals surface area contributed by atoms with Crippen LogP contribution in [-0.4, -0.2) is 26.0 Å². The lowest BCUT2D eigenvalue weighted by Crippen LogP contribution is -1.95. The molecule has 0 saturated carbocycles. The average Bonchev–Trinajstić information content (AvgIpc) is 3.09. The molecule has 0 aliphatic heterocycles. The zero-order valence-electron chi connectivity index (χ0n) is 9.70. The molecule has 3 rings (SSSR count). The second kappa shape index (κ2) is 4.41. The van der Waals surface area contributed by atoms with Gasteiger partial charge in [-0.3, -0.25) is 0 Å². The standard InChI is InChI=1S/C13H9N3O3/c17-13(18)9-6-14-11(15-9)10-7-19-12(16-10)8-4-2-1-3-5-8/h1-7H,(H,14,15)(H,17,18). The number of hydrogen-bond donors (Lipinski definition) is 2. The van der Waals surface area contributed by atoms with E-state index in [0.717, 1.165) is 5.56 Å². The lowest BCUT2D eigenvalue weighted by Gasteiger charge is -1.92. The summed E-state index contributed by atoms with van der Waals surface area (Å²) >= 11 is 0. The molecule has 94 valence electrons. The number of rotatable bonds is 3. The molecule has 6 heteroatoms. The smallest absolute Gasteiger partial charge is 0.353 e. The number of aromatic carboxylic acids is 1. The van der Waals surface area contributed by atoms with E-state index in [1.807, 2.05) is 30.3 Å². The normalized spacial score (nSPS) is 10.5. The second-order valence-corrected chi connectivity index (χ2v) is 3.85. The zero-order valence-corrected chi connectivity index (χ0v) is 9.70. The Hall–Kier alpha value is -2.89. The zero-order chi connectivity index (χ0) is 13.2. The van der Waals surface area contributed by atoms with Gasteiger partial charge in [0, 0.05) is 5.56 Å². The molecular formula is C13H9N3O3. The van der Waals surface area contributed by atoms with E-state index >= 15 is 0 Å². The summed E-state index contributed by atoms with van der Waals surface area (Å²) in [5, 5.41) is 8.81. The fraction of sp³-hybridized carbons (Fsp3) is 0. The van der Waals surface area contributed by atoms with Crippen LogP contribution in [-0.2, 0) is 0 Å². The molecule has 19 heavy (non-hydrogen) atoms. The van der Waals surface area contributed by atoms with Gasteiger partial charge < -0.3 is 14.5 Å². The van der Waals surface area contributed by atoms with Crippen LogP contribution in [0.3, 0.4) is 0 Å². The number of carboxylic acid groups (broad SMARTS) is 1. The number of nitrogens with zero attached hydrogens (tertiary/aromatic N) is 2. The van der Waals surface area contributed by atoms with E-state index < -0.39 is 5.97 Å². The Kier molecular flexibility index (Phi) is 2.60. The van der Waals surface area contributed by atoms with E-state index in [9.17, 15) is 4.79 Å². The third kappa shape index (κ3) is 2.11. The van der Waals surface area contributed by atoms with Crippen molar-refractivity contribution in [3.63, 3.8) is 0 Å². The van der Waals surface area contributed by atoms with Crippen molar-refractivity contribution in [3.05, 3.63) is 48.5 Å². The highest BCUT2D eigenvalue weighted by molar-refractivity contribution is 5.85. The summed E-state index contributed by atoms with van der Waals surface area (Å²) in [4.78, 5) is 21.6. The van der Waals surface area contributed by atoms with E-state index in [4.69, 9.17) is 9.52 Å². The monoisotopic (exact) mass is 255 g/mol. The van der Waals surface area contributed by atoms with Crippen LogP contribution in [0.25, 0.3) is 23.0 Å². The fourth-order valence-electron chi connectivity index (χ4n) is 1.66. The van der Waals surface area contributed by atoms with Crippen molar-refractivity contribution >= 4 is 5.97 Å². The van der Waals surface area contributed by atoms with Gasteiger partial charge in [0.25, 0.3) is 0 Å². The second-order valence-electron chi connectivity index (χ2n) is 3.85. The van der Waals surface area contributed by atoms with Crippen molar-refractivity contribution in [2.24, 2.45) is 0 Å². The Labute approximate surface area is 107 Å². The number of oxazole rings is 1. The van der Waals surface area contributed by atoms with Gasteiger partial charge in [0.05, 0.1) is 6.20 Å². The third-order valence-corrected chi connectivity index (χ3v) is 2.57. The molecule has 0 unspecified atom stereocenters. The van der Waals surface area contributed by atoms with Crippen LogP contribution in [0.4, 0.5) is 0 Å². The number of aromatic amines is 1. The van der Waals surface area contributed by atoms with Crippen LogP contribution in [0.2, 0.25) is 0 Å². The molecule has 0 saturated heterocycles. The van der Waals surface area contributed by atoms with Gasteiger partial charge in [-0.2, -0.15) is 0 Å². The van der Waals surface area contributed by atoms with Crippen molar-refractivity contribution in [2.75, 3.05) is 0 Å². The molecule has 0 spiro atoms. The number of H-pyrrole nitrogens is 1. The molecule has 1 aromatic carbocycles. The minimum atomic E-state index is -1.06. The van der Waals surface area contributed by atoms with Gasteiger partial charge in [0.2, 0.25) is 5.89 Å². The maximum absolute atomic E-state index is 10.8. The van der Waals surface area contributed by atoms with E-state index in [-0.39, 0.29) is 5.69 Å². The quantitative estimate of drug-likeness (QED) is 0.749. The van der Waals surface area contributed by atoms with Gasteiger partial charge in [-0.25, -0.2) is 14.8 Å². The summed E-state index contributed by atoms with van der Waals surface area (Å²) in [5.74, 6) is -0.238. The number of imidazole rings is 1. The van der Waals surface area contributed by atoms with Gasteiger partial charge in [0.1, 0.15) is 17.7 Å². The van der Waals surface area contributed by atoms with Crippen molar-refractivity contribution in [3.8, 4) is 23.0 Å². The first-order valence-electron chi connectivity index (χ1n) is 5.53. The van der Waals surface area contributed by atoms with E-state index in [1.54, 1.807) is 0 Å². The van der Waals surface area contributed by atoms with Crippen molar-refractivity contribution in [1.29, 1.82) is 0 Å². The fourth-order valence-corrected chi connectivity index (χ4v) is 1.66. The Balaban J connectivity index is 1.94. The predicted octanol–water partition coefficient (Wildman–Crippen LogP) is 2.43. The molecule has 0 aliphatic carbocycles. The third-order valence-electron chi connectivity index (χ3n) is 2.57. The van der Waals surface area contributed by atoms with E-state index in [0.29, 0.717) is 17.4 Å². The Morgan fingerprint density at radius 2 is 2.05 bits per heavy atom. The summed E-state index contributed by atoms with van der Waals surface area (Å²) in [7, 11) is 0. The Morgan fingerprint density at radius 3 is 2.74 bits per heavy atom. The highest BCUT2D eigenvalue weighted by Gasteiger charge is 2.13. The van der Waals surface area contributed by atoms with Gasteiger partial charge >= 0.3 is 5.97 Å². The number of nitrogens with one attached hydrogen (secondary N) is 1. The molecule has 3 aromatic rings. The molecule has 0 amide bonds. The summed E-state index contributed by atoms with van der Waals surface area (Å²) in [6.07, 6.45) is 2.68. The lowest BCUT2D eigenvalue weighted by molar-refractivity contribution is 0.0691. The first-order chi connectivity index (χ1) is 9.24. The molecule has 2 aromatic heterocycles. The number of carbonyl (C=O) groups is 1. The van der Waals surface area contributed by atoms with Crippen LogP contribution in [0.5, 0.6) is 0 Å². The minimum absolute atomic E-state index is 0.0132. The average molecular weight is 255 g/mol. The summed E-state index contributed by atoms with van der Waals surface area (Å²) in [6.45, 7) is 0. The maximum atomic E-state index is 10.8. The van der Waals surface area contributed by atoms with Crippen LogP contribution in [0, 0.1) is 0 Å². The number of aromatic nitrogens is 3. The van der Waals surface area contributed by atoms with Crippen LogP contribution >= 0.6 is 0 Å². The number of carboxylic acids is 1. The van der Waals surface area contributed by atoms with Crippen LogP contribution < -0.4 is 0 Å². The maximum Gasteiger partial charge on any atom is 0.353 e. The first-order valence-corrected chi connectivity index (χ1v) is 5.53. The molecule has 0 bridgehead atoms. The van der Waals surface area contributed by atoms with Crippen LogP contribution in [0.1, 0.15) is 10.5 Å². The largest absolute Gasteiger partial charge is 0.477 e. The van der Waals surface area contributed by atoms with Crippen LogP contribution in [0.15, 0.2) is 47.2 Å². The molecular weight excluding hydrogens is 246 g/mol. The number of hydrogen-bond acceptors (Lipinski definition) is 4. The van der Waals surface area contributed by atoms with E-state index in [1.165, 1.54) is 12.5 Å². The summed E-state index contributed by atoms with van der Waals surface area (Å²) in [6, 6.07) is 9.42. The summed E-state index contributed by atoms with van der Waals surface area (Å²) in [5.41, 5.74) is 1.32. The van der Waals surface area contributed by atoms with Crippen molar-refractivity contribution in [1.82, 2.24) is 15.0 Å². The lowest BCUT2D eigenvalue weighted by atomic mass is 10.2. The predicted molar refractivity (Wildman–Crippen MR) is 66.5 cm³/mol. The molecule has 0 radical (unpaired) electrons. The van der Waals surface area contributed by atoms with Gasteiger partial charge in [-0.1, -0.05) is 18.2 Å². The van der Waals surface area contributed by atoms with Gasteiger partial charge in [0.15, 0.2) is 5.82 Å². The van der Waals surface area contributed by atoms with E-state index in [2.05, 4.69) is 15.0 Å². The molecule has 0 aliphatic rings. The highest BCUT2D eigenvalue weighted by Crippen LogP contribution is 2.22. The Bertz CT molecular complexity index is 716. The topological polar surface area (TPSA) is 92.0 Å². The SMILES string of the molecule is O=C(O)c1cnc(-c2coc(-c3ccccc3)n2)[nH]1. The molecule has 6 nitrogen and oxygen atoms in total. The van der Waals surface area contributed by atoms with Gasteiger partial charge in [-0.05, 0) is 12.1 Å². The minimum Gasteiger partial charge on any atom is -0.477 e. The molecule has 2 heterocycles. The first kappa shape index (κ1) is 11.2. The molecule has 0 fully saturated rings. The Morgan fingerprint density at radius 1 is 1.26 bits per heavy atom.